The van der Waals surface area contributed by atoms with E-state index < -0.39 is 21.8 Å². The molecule has 0 aliphatic carbocycles. The second-order valence-electron chi connectivity index (χ2n) is 3.62. The Hall–Kier alpha value is -0.940. The van der Waals surface area contributed by atoms with Crippen molar-refractivity contribution >= 4 is 9.84 Å². The summed E-state index contributed by atoms with van der Waals surface area (Å²) in [6, 6.07) is 3.58. The largest absolute Gasteiger partial charge is 0.393 e. The Morgan fingerprint density at radius 2 is 2.00 bits per heavy atom. The van der Waals surface area contributed by atoms with Crippen LogP contribution in [0.4, 0.5) is 4.39 Å². The van der Waals surface area contributed by atoms with Crippen LogP contribution in [-0.2, 0) is 16.3 Å². The smallest absolute Gasteiger partial charge is 0.175 e. The highest BCUT2D eigenvalue weighted by Gasteiger charge is 2.11. The number of hydrogen-bond donors (Lipinski definition) is 1. The van der Waals surface area contributed by atoms with Crippen LogP contribution in [0, 0.1) is 5.82 Å². The molecule has 0 spiro atoms. The summed E-state index contributed by atoms with van der Waals surface area (Å²) in [7, 11) is -3.41. The van der Waals surface area contributed by atoms with Crippen LogP contribution >= 0.6 is 0 Å². The molecular formula is C10H13FO3S. The van der Waals surface area contributed by atoms with E-state index in [-0.39, 0.29) is 11.3 Å². The molecule has 5 heteroatoms. The van der Waals surface area contributed by atoms with Crippen molar-refractivity contribution < 1.29 is 17.9 Å². The molecular weight excluding hydrogens is 219 g/mol. The number of aliphatic hydroxyl groups is 1. The molecule has 0 aromatic heterocycles. The summed E-state index contributed by atoms with van der Waals surface area (Å²) in [5.74, 6) is -0.603. The van der Waals surface area contributed by atoms with Crippen molar-refractivity contribution in [2.75, 3.05) is 6.26 Å². The van der Waals surface area contributed by atoms with Gasteiger partial charge in [-0.3, -0.25) is 0 Å². The van der Waals surface area contributed by atoms with Crippen LogP contribution in [0.5, 0.6) is 0 Å². The molecule has 1 aromatic carbocycles. The molecule has 1 atom stereocenters. The van der Waals surface area contributed by atoms with Gasteiger partial charge >= 0.3 is 0 Å². The summed E-state index contributed by atoms with van der Waals surface area (Å²) < 4.78 is 35.5. The van der Waals surface area contributed by atoms with Crippen LogP contribution in [0.1, 0.15) is 12.5 Å². The van der Waals surface area contributed by atoms with E-state index in [0.717, 1.165) is 12.3 Å². The van der Waals surface area contributed by atoms with E-state index in [4.69, 9.17) is 5.11 Å². The van der Waals surface area contributed by atoms with E-state index in [0.29, 0.717) is 5.56 Å². The zero-order valence-electron chi connectivity index (χ0n) is 8.57. The van der Waals surface area contributed by atoms with Gasteiger partial charge in [0.1, 0.15) is 5.82 Å². The summed E-state index contributed by atoms with van der Waals surface area (Å²) in [4.78, 5) is -0.0573. The molecule has 0 saturated carbocycles. The van der Waals surface area contributed by atoms with Gasteiger partial charge in [-0.25, -0.2) is 12.8 Å². The van der Waals surface area contributed by atoms with E-state index in [1.54, 1.807) is 6.92 Å². The number of rotatable bonds is 3. The molecule has 0 aliphatic rings. The van der Waals surface area contributed by atoms with Crippen LogP contribution in [0.25, 0.3) is 0 Å². The summed E-state index contributed by atoms with van der Waals surface area (Å²) in [6.45, 7) is 1.56. The molecule has 1 aromatic rings. The van der Waals surface area contributed by atoms with Gasteiger partial charge in [0.25, 0.3) is 0 Å². The first-order chi connectivity index (χ1) is 6.79. The summed E-state index contributed by atoms with van der Waals surface area (Å²) in [5.41, 5.74) is 0.477. The minimum Gasteiger partial charge on any atom is -0.393 e. The SMILES string of the molecule is CC(O)Cc1cc(F)cc(S(C)(=O)=O)c1. The lowest BCUT2D eigenvalue weighted by atomic mass is 10.1. The van der Waals surface area contributed by atoms with Gasteiger partial charge in [0.05, 0.1) is 11.0 Å². The molecule has 0 fully saturated rings. The topological polar surface area (TPSA) is 54.4 Å². The Morgan fingerprint density at radius 1 is 1.40 bits per heavy atom. The third kappa shape index (κ3) is 3.60. The first-order valence-corrected chi connectivity index (χ1v) is 6.36. The van der Waals surface area contributed by atoms with Gasteiger partial charge in [0, 0.05) is 6.26 Å². The predicted octanol–water partition coefficient (Wildman–Crippen LogP) is 1.15. The van der Waals surface area contributed by atoms with Crippen molar-refractivity contribution in [2.45, 2.75) is 24.3 Å². The fourth-order valence-electron chi connectivity index (χ4n) is 1.29. The first kappa shape index (κ1) is 12.1. The highest BCUT2D eigenvalue weighted by molar-refractivity contribution is 7.90. The third-order valence-corrected chi connectivity index (χ3v) is 2.98. The lowest BCUT2D eigenvalue weighted by Crippen LogP contribution is -2.06. The fourth-order valence-corrected chi connectivity index (χ4v) is 1.99. The lowest BCUT2D eigenvalue weighted by Gasteiger charge is -2.06. The van der Waals surface area contributed by atoms with Crippen molar-refractivity contribution in [2.24, 2.45) is 0 Å². The van der Waals surface area contributed by atoms with Crippen molar-refractivity contribution in [3.05, 3.63) is 29.6 Å². The minimum atomic E-state index is -3.41. The van der Waals surface area contributed by atoms with Crippen LogP contribution in [0.3, 0.4) is 0 Å². The Kier molecular flexibility index (Phi) is 3.46. The maximum absolute atomic E-state index is 13.1. The van der Waals surface area contributed by atoms with E-state index >= 15 is 0 Å². The average Bonchev–Trinajstić information content (AvgIpc) is 1.99. The maximum Gasteiger partial charge on any atom is 0.175 e. The van der Waals surface area contributed by atoms with Crippen LogP contribution < -0.4 is 0 Å². The van der Waals surface area contributed by atoms with Gasteiger partial charge in [0.2, 0.25) is 0 Å². The summed E-state index contributed by atoms with van der Waals surface area (Å²) >= 11 is 0. The number of halogens is 1. The van der Waals surface area contributed by atoms with E-state index in [2.05, 4.69) is 0 Å². The summed E-state index contributed by atoms with van der Waals surface area (Å²) in [5, 5.41) is 9.12. The third-order valence-electron chi connectivity index (χ3n) is 1.89. The number of sulfone groups is 1. The zero-order valence-corrected chi connectivity index (χ0v) is 9.38. The molecule has 0 saturated heterocycles. The Balaban J connectivity index is 3.17. The number of benzene rings is 1. The average molecular weight is 232 g/mol. The lowest BCUT2D eigenvalue weighted by molar-refractivity contribution is 0.195. The van der Waals surface area contributed by atoms with Crippen molar-refractivity contribution in [1.29, 1.82) is 0 Å². The van der Waals surface area contributed by atoms with Crippen LogP contribution in [-0.4, -0.2) is 25.9 Å². The van der Waals surface area contributed by atoms with Gasteiger partial charge in [-0.2, -0.15) is 0 Å². The number of hydrogen-bond acceptors (Lipinski definition) is 3. The van der Waals surface area contributed by atoms with Gasteiger partial charge in [-0.05, 0) is 37.1 Å². The van der Waals surface area contributed by atoms with Gasteiger partial charge < -0.3 is 5.11 Å². The maximum atomic E-state index is 13.1. The van der Waals surface area contributed by atoms with Crippen molar-refractivity contribution in [3.63, 3.8) is 0 Å². The summed E-state index contributed by atoms with van der Waals surface area (Å²) in [6.07, 6.45) is 0.632. The molecule has 0 aliphatic heterocycles. The first-order valence-electron chi connectivity index (χ1n) is 4.46. The standard InChI is InChI=1S/C10H13FO3S/c1-7(12)3-8-4-9(11)6-10(5-8)15(2,13)14/h4-7,12H,3H2,1-2H3. The van der Waals surface area contributed by atoms with E-state index in [9.17, 15) is 12.8 Å². The number of aliphatic hydroxyl groups excluding tert-OH is 1. The van der Waals surface area contributed by atoms with Crippen molar-refractivity contribution in [3.8, 4) is 0 Å². The minimum absolute atomic E-state index is 0.0573. The van der Waals surface area contributed by atoms with E-state index in [1.165, 1.54) is 12.1 Å². The Bertz CT molecular complexity index is 452. The van der Waals surface area contributed by atoms with Gasteiger partial charge in [-0.1, -0.05) is 0 Å². The molecule has 0 amide bonds. The second kappa shape index (κ2) is 4.28. The molecule has 1 rings (SSSR count). The molecule has 84 valence electrons. The van der Waals surface area contributed by atoms with Crippen LogP contribution in [0.2, 0.25) is 0 Å². The van der Waals surface area contributed by atoms with Crippen LogP contribution in [0.15, 0.2) is 23.1 Å². The highest BCUT2D eigenvalue weighted by Crippen LogP contribution is 2.15. The fraction of sp³-hybridized carbons (Fsp3) is 0.400. The van der Waals surface area contributed by atoms with Crippen molar-refractivity contribution in [1.82, 2.24) is 0 Å². The molecule has 0 heterocycles. The van der Waals surface area contributed by atoms with Gasteiger partial charge in [0.15, 0.2) is 9.84 Å². The molecule has 3 nitrogen and oxygen atoms in total. The molecule has 0 bridgehead atoms. The predicted molar refractivity (Wildman–Crippen MR) is 54.9 cm³/mol. The quantitative estimate of drug-likeness (QED) is 0.850. The Labute approximate surface area is 88.5 Å². The molecule has 1 N–H and O–H groups in total. The monoisotopic (exact) mass is 232 g/mol. The molecule has 0 radical (unpaired) electrons. The highest BCUT2D eigenvalue weighted by atomic mass is 32.2. The zero-order chi connectivity index (χ0) is 11.6. The van der Waals surface area contributed by atoms with E-state index in [1.807, 2.05) is 0 Å². The second-order valence-corrected chi connectivity index (χ2v) is 5.64. The Morgan fingerprint density at radius 3 is 2.47 bits per heavy atom. The normalized spacial score (nSPS) is 13.9. The molecule has 1 unspecified atom stereocenters. The van der Waals surface area contributed by atoms with Gasteiger partial charge in [-0.15, -0.1) is 0 Å². The molecule has 15 heavy (non-hydrogen) atoms.